The van der Waals surface area contributed by atoms with E-state index in [1.165, 1.54) is 6.07 Å². The van der Waals surface area contributed by atoms with Gasteiger partial charge in [-0.05, 0) is 61.9 Å². The van der Waals surface area contributed by atoms with Crippen molar-refractivity contribution in [3.8, 4) is 0 Å². The summed E-state index contributed by atoms with van der Waals surface area (Å²) in [5, 5.41) is 10.5. The summed E-state index contributed by atoms with van der Waals surface area (Å²) in [6.45, 7) is 5.51. The van der Waals surface area contributed by atoms with Gasteiger partial charge in [0.1, 0.15) is 5.25 Å². The molecular formula is C21H20N2O5S. The molecule has 0 bridgehead atoms. The van der Waals surface area contributed by atoms with Crippen molar-refractivity contribution in [2.45, 2.75) is 32.4 Å². The number of anilines is 2. The van der Waals surface area contributed by atoms with Crippen LogP contribution >= 0.6 is 11.8 Å². The number of aromatic carboxylic acids is 1. The maximum Gasteiger partial charge on any atom is 0.337 e. The molecule has 3 amide bonds. The summed E-state index contributed by atoms with van der Waals surface area (Å²) in [7, 11) is 0. The zero-order chi connectivity index (χ0) is 21.3. The van der Waals surface area contributed by atoms with Crippen LogP contribution < -0.4 is 10.2 Å². The van der Waals surface area contributed by atoms with Gasteiger partial charge in [0, 0.05) is 6.42 Å². The average molecular weight is 412 g/mol. The zero-order valence-electron chi connectivity index (χ0n) is 16.2. The van der Waals surface area contributed by atoms with Crippen LogP contribution in [0.4, 0.5) is 16.2 Å². The molecule has 0 aromatic heterocycles. The van der Waals surface area contributed by atoms with Crippen LogP contribution in [0.5, 0.6) is 0 Å². The first-order valence-electron chi connectivity index (χ1n) is 8.93. The summed E-state index contributed by atoms with van der Waals surface area (Å²) in [4.78, 5) is 50.1. The number of imide groups is 1. The van der Waals surface area contributed by atoms with E-state index in [-0.39, 0.29) is 17.7 Å². The first kappa shape index (κ1) is 20.6. The number of aryl methyl sites for hydroxylation is 3. The van der Waals surface area contributed by atoms with Crippen LogP contribution in [-0.2, 0) is 9.59 Å². The molecule has 2 aromatic carbocycles. The lowest BCUT2D eigenvalue weighted by molar-refractivity contribution is -0.121. The molecule has 0 saturated carbocycles. The van der Waals surface area contributed by atoms with Gasteiger partial charge in [0.25, 0.3) is 5.24 Å². The highest BCUT2D eigenvalue weighted by atomic mass is 32.2. The Kier molecular flexibility index (Phi) is 5.74. The molecule has 0 aliphatic carbocycles. The van der Waals surface area contributed by atoms with Gasteiger partial charge in [-0.25, -0.2) is 9.69 Å². The lowest BCUT2D eigenvalue weighted by Gasteiger charge is -2.17. The molecule has 2 aromatic rings. The number of nitrogens with one attached hydrogen (secondary N) is 1. The predicted octanol–water partition coefficient (Wildman–Crippen LogP) is 3.91. The number of hydrogen-bond donors (Lipinski definition) is 2. The molecule has 1 unspecified atom stereocenters. The lowest BCUT2D eigenvalue weighted by Crippen LogP contribution is -2.33. The summed E-state index contributed by atoms with van der Waals surface area (Å²) in [5.41, 5.74) is 3.23. The molecule has 0 spiro atoms. The molecule has 0 radical (unpaired) electrons. The van der Waals surface area contributed by atoms with Gasteiger partial charge < -0.3 is 10.4 Å². The maximum absolute atomic E-state index is 12.8. The third-order valence-corrected chi connectivity index (χ3v) is 5.60. The molecule has 1 aliphatic rings. The van der Waals surface area contributed by atoms with Crippen LogP contribution in [0.2, 0.25) is 0 Å². The Hall–Kier alpha value is -3.13. The van der Waals surface area contributed by atoms with Crippen LogP contribution in [0.15, 0.2) is 36.4 Å². The number of thioether (sulfide) groups is 1. The minimum atomic E-state index is -1.16. The van der Waals surface area contributed by atoms with Crippen LogP contribution in [0.1, 0.15) is 33.5 Å². The fourth-order valence-corrected chi connectivity index (χ4v) is 4.16. The number of rotatable bonds is 5. The van der Waals surface area contributed by atoms with Crippen LogP contribution in [0.3, 0.4) is 0 Å². The standard InChI is InChI=1S/C21H20N2O5S/c1-11-5-7-16(13(3)8-11)23-19(25)17(29-21(23)28)10-18(24)22-15-9-12(2)4-6-14(15)20(26)27/h4-9,17H,10H2,1-3H3,(H,22,24)(H,26,27). The maximum atomic E-state index is 12.8. The van der Waals surface area contributed by atoms with Crippen molar-refractivity contribution in [2.75, 3.05) is 10.2 Å². The summed E-state index contributed by atoms with van der Waals surface area (Å²) in [6, 6.07) is 10.0. The summed E-state index contributed by atoms with van der Waals surface area (Å²) in [5.74, 6) is -2.15. The minimum Gasteiger partial charge on any atom is -0.478 e. The summed E-state index contributed by atoms with van der Waals surface area (Å²) in [6.07, 6.45) is -0.232. The number of carboxylic acids is 1. The largest absolute Gasteiger partial charge is 0.478 e. The number of hydrogen-bond acceptors (Lipinski definition) is 5. The van der Waals surface area contributed by atoms with Gasteiger partial charge in [0.2, 0.25) is 11.8 Å². The molecule has 7 nitrogen and oxygen atoms in total. The molecule has 8 heteroatoms. The molecule has 1 fully saturated rings. The van der Waals surface area contributed by atoms with E-state index in [1.54, 1.807) is 25.1 Å². The molecule has 1 saturated heterocycles. The SMILES string of the molecule is Cc1ccc(N2C(=O)SC(CC(=O)Nc3cc(C)ccc3C(=O)O)C2=O)c(C)c1. The molecular weight excluding hydrogens is 392 g/mol. The summed E-state index contributed by atoms with van der Waals surface area (Å²) >= 11 is 0.802. The normalized spacial score (nSPS) is 16.2. The van der Waals surface area contributed by atoms with Crippen molar-refractivity contribution in [1.82, 2.24) is 0 Å². The van der Waals surface area contributed by atoms with E-state index in [2.05, 4.69) is 5.32 Å². The fourth-order valence-electron chi connectivity index (χ4n) is 3.18. The molecule has 150 valence electrons. The average Bonchev–Trinajstić information content (AvgIpc) is 2.88. The second kappa shape index (κ2) is 8.08. The Morgan fingerprint density at radius 2 is 1.72 bits per heavy atom. The van der Waals surface area contributed by atoms with Gasteiger partial charge in [0.05, 0.1) is 16.9 Å². The van der Waals surface area contributed by atoms with Crippen molar-refractivity contribution >= 4 is 46.2 Å². The highest BCUT2D eigenvalue weighted by Gasteiger charge is 2.42. The van der Waals surface area contributed by atoms with E-state index < -0.39 is 28.3 Å². The zero-order valence-corrected chi connectivity index (χ0v) is 17.0. The Balaban J connectivity index is 1.75. The van der Waals surface area contributed by atoms with Gasteiger partial charge >= 0.3 is 5.97 Å². The van der Waals surface area contributed by atoms with Crippen molar-refractivity contribution in [2.24, 2.45) is 0 Å². The van der Waals surface area contributed by atoms with Crippen molar-refractivity contribution in [3.05, 3.63) is 58.7 Å². The molecule has 1 heterocycles. The van der Waals surface area contributed by atoms with Crippen LogP contribution in [-0.4, -0.2) is 33.4 Å². The number of benzene rings is 2. The second-order valence-corrected chi connectivity index (χ2v) is 8.10. The number of nitrogens with zero attached hydrogens (tertiary/aromatic N) is 1. The molecule has 3 rings (SSSR count). The van der Waals surface area contributed by atoms with E-state index in [1.807, 2.05) is 26.0 Å². The molecule has 29 heavy (non-hydrogen) atoms. The topological polar surface area (TPSA) is 104 Å². The van der Waals surface area contributed by atoms with E-state index >= 15 is 0 Å². The van der Waals surface area contributed by atoms with Gasteiger partial charge in [-0.3, -0.25) is 14.4 Å². The van der Waals surface area contributed by atoms with Crippen molar-refractivity contribution < 1.29 is 24.3 Å². The third kappa shape index (κ3) is 4.32. The van der Waals surface area contributed by atoms with E-state index in [0.29, 0.717) is 5.69 Å². The van der Waals surface area contributed by atoms with Gasteiger partial charge in [-0.2, -0.15) is 0 Å². The van der Waals surface area contributed by atoms with Gasteiger partial charge in [0.15, 0.2) is 0 Å². The number of carbonyl (C=O) groups excluding carboxylic acids is 3. The van der Waals surface area contributed by atoms with E-state index in [4.69, 9.17) is 0 Å². The number of carboxylic acid groups (broad SMARTS) is 1. The number of carbonyl (C=O) groups is 4. The van der Waals surface area contributed by atoms with Crippen LogP contribution in [0, 0.1) is 20.8 Å². The van der Waals surface area contributed by atoms with E-state index in [0.717, 1.165) is 33.4 Å². The quantitative estimate of drug-likeness (QED) is 0.772. The van der Waals surface area contributed by atoms with Gasteiger partial charge in [-0.1, -0.05) is 23.8 Å². The first-order chi connectivity index (χ1) is 13.7. The highest BCUT2D eigenvalue weighted by molar-refractivity contribution is 8.15. The lowest BCUT2D eigenvalue weighted by atomic mass is 10.1. The van der Waals surface area contributed by atoms with Gasteiger partial charge in [-0.15, -0.1) is 0 Å². The molecule has 1 aliphatic heterocycles. The Bertz CT molecular complexity index is 1030. The third-order valence-electron chi connectivity index (χ3n) is 4.57. The predicted molar refractivity (Wildman–Crippen MR) is 112 cm³/mol. The van der Waals surface area contributed by atoms with Crippen molar-refractivity contribution in [3.63, 3.8) is 0 Å². The Morgan fingerprint density at radius 1 is 1.07 bits per heavy atom. The van der Waals surface area contributed by atoms with E-state index in [9.17, 15) is 24.3 Å². The fraction of sp³-hybridized carbons (Fsp3) is 0.238. The number of amides is 3. The second-order valence-electron chi connectivity index (χ2n) is 6.94. The highest BCUT2D eigenvalue weighted by Crippen LogP contribution is 2.35. The van der Waals surface area contributed by atoms with Crippen LogP contribution in [0.25, 0.3) is 0 Å². The molecule has 2 N–H and O–H groups in total. The monoisotopic (exact) mass is 412 g/mol. The summed E-state index contributed by atoms with van der Waals surface area (Å²) < 4.78 is 0. The molecule has 1 atom stereocenters. The Labute approximate surface area is 172 Å². The Morgan fingerprint density at radius 3 is 2.38 bits per heavy atom. The minimum absolute atomic E-state index is 0.0395. The first-order valence-corrected chi connectivity index (χ1v) is 9.81. The van der Waals surface area contributed by atoms with Crippen molar-refractivity contribution in [1.29, 1.82) is 0 Å². The smallest absolute Gasteiger partial charge is 0.337 e.